The fourth-order valence-corrected chi connectivity index (χ4v) is 0. The van der Waals surface area contributed by atoms with Crippen molar-refractivity contribution in [3.05, 3.63) is 0 Å². The van der Waals surface area contributed by atoms with Crippen LogP contribution in [0.4, 0.5) is 0 Å². The first kappa shape index (κ1) is 11.4. The Balaban J connectivity index is 0. The van der Waals surface area contributed by atoms with Gasteiger partial charge in [0.25, 0.3) is 0 Å². The Bertz CT molecular complexity index is 63.2. The molecule has 0 heterocycles. The minimum Gasteiger partial charge on any atom is -0.394 e. The monoisotopic (exact) mass is 135 g/mol. The zero-order valence-electron chi connectivity index (χ0n) is 5.50. The highest BCUT2D eigenvalue weighted by Crippen LogP contribution is 1.51. The first-order valence-electron chi connectivity index (χ1n) is 2.60. The largest absolute Gasteiger partial charge is 0.394 e. The molecule has 0 amide bonds. The van der Waals surface area contributed by atoms with Crippen LogP contribution in [0.3, 0.4) is 0 Å². The van der Waals surface area contributed by atoms with Gasteiger partial charge in [0.15, 0.2) is 0 Å². The van der Waals surface area contributed by atoms with Crippen LogP contribution in [0.2, 0.25) is 0 Å². The first-order chi connectivity index (χ1) is 4.18. The van der Waals surface area contributed by atoms with Crippen LogP contribution in [-0.2, 0) is 4.79 Å². The quantitative estimate of drug-likeness (QED) is 0.430. The molecular formula is C5H13NO3. The molecule has 4 nitrogen and oxygen atoms in total. The molecule has 4 heteroatoms. The summed E-state index contributed by atoms with van der Waals surface area (Å²) < 4.78 is 0. The predicted octanol–water partition coefficient (Wildman–Crippen LogP) is -1.49. The van der Waals surface area contributed by atoms with E-state index in [1.54, 1.807) is 0 Å². The van der Waals surface area contributed by atoms with Crippen LogP contribution < -0.4 is 5.73 Å². The lowest BCUT2D eigenvalue weighted by molar-refractivity contribution is -0.115. The lowest BCUT2D eigenvalue weighted by atomic mass is 10.5. The van der Waals surface area contributed by atoms with Crippen LogP contribution in [0.15, 0.2) is 0 Å². The van der Waals surface area contributed by atoms with Gasteiger partial charge in [-0.15, -0.1) is 0 Å². The molecule has 0 fully saturated rings. The van der Waals surface area contributed by atoms with Crippen LogP contribution in [0, 0.1) is 0 Å². The minimum atomic E-state index is -0.125. The van der Waals surface area contributed by atoms with Gasteiger partial charge >= 0.3 is 0 Å². The number of hydrogen-bond acceptors (Lipinski definition) is 4. The van der Waals surface area contributed by atoms with E-state index in [1.165, 1.54) is 6.92 Å². The summed E-state index contributed by atoms with van der Waals surface area (Å²) in [6.07, 6.45) is 0. The molecule has 0 aliphatic heterocycles. The molecule has 0 rings (SSSR count). The number of carbonyl (C=O) groups excluding carboxylic acids is 1. The summed E-state index contributed by atoms with van der Waals surface area (Å²) in [4.78, 5) is 9.69. The van der Waals surface area contributed by atoms with Crippen molar-refractivity contribution in [3.63, 3.8) is 0 Å². The molecule has 4 N–H and O–H groups in total. The van der Waals surface area contributed by atoms with Gasteiger partial charge in [0.2, 0.25) is 0 Å². The van der Waals surface area contributed by atoms with Crippen molar-refractivity contribution in [2.45, 2.75) is 6.92 Å². The molecule has 0 aromatic rings. The summed E-state index contributed by atoms with van der Waals surface area (Å²) in [5.41, 5.74) is 4.82. The third kappa shape index (κ3) is 35.8. The molecule has 0 bridgehead atoms. The maximum atomic E-state index is 9.69. The fraction of sp³-hybridized carbons (Fsp3) is 0.800. The van der Waals surface area contributed by atoms with E-state index in [-0.39, 0.29) is 25.5 Å². The predicted molar refractivity (Wildman–Crippen MR) is 33.9 cm³/mol. The molecule has 56 valence electrons. The highest BCUT2D eigenvalue weighted by atomic mass is 16.3. The van der Waals surface area contributed by atoms with Crippen LogP contribution >= 0.6 is 0 Å². The Labute approximate surface area is 54.3 Å². The third-order valence-corrected chi connectivity index (χ3v) is 0.387. The lowest BCUT2D eigenvalue weighted by Gasteiger charge is -1.73. The Morgan fingerprint density at radius 3 is 1.67 bits per heavy atom. The van der Waals surface area contributed by atoms with Crippen molar-refractivity contribution in [2.24, 2.45) is 5.73 Å². The van der Waals surface area contributed by atoms with Gasteiger partial charge in [-0.05, 0) is 6.92 Å². The molecule has 0 aliphatic carbocycles. The van der Waals surface area contributed by atoms with Gasteiger partial charge in [0.1, 0.15) is 5.78 Å². The van der Waals surface area contributed by atoms with Crippen molar-refractivity contribution in [1.82, 2.24) is 0 Å². The van der Waals surface area contributed by atoms with Crippen molar-refractivity contribution in [2.75, 3.05) is 19.8 Å². The Morgan fingerprint density at radius 1 is 1.44 bits per heavy atom. The highest BCUT2D eigenvalue weighted by molar-refractivity contribution is 5.77. The number of rotatable bonds is 2. The third-order valence-electron chi connectivity index (χ3n) is 0.387. The number of hydrogen-bond donors (Lipinski definition) is 3. The number of Topliss-reactive ketones (excluding diaryl/α,β-unsaturated/α-hetero) is 1. The number of ketones is 1. The van der Waals surface area contributed by atoms with Crippen LogP contribution in [0.5, 0.6) is 0 Å². The molecule has 0 spiro atoms. The molecular weight excluding hydrogens is 122 g/mol. The lowest BCUT2D eigenvalue weighted by Crippen LogP contribution is -2.07. The second-order valence-electron chi connectivity index (χ2n) is 1.35. The Kier molecular flexibility index (Phi) is 13.3. The average molecular weight is 135 g/mol. The number of carbonyl (C=O) groups is 1. The summed E-state index contributed by atoms with van der Waals surface area (Å²) in [5, 5.41) is 15.2. The van der Waals surface area contributed by atoms with Crippen LogP contribution in [0.25, 0.3) is 0 Å². The van der Waals surface area contributed by atoms with Crippen LogP contribution in [-0.4, -0.2) is 35.8 Å². The summed E-state index contributed by atoms with van der Waals surface area (Å²) in [7, 11) is 0. The zero-order chi connectivity index (χ0) is 7.70. The molecule has 0 atom stereocenters. The van der Waals surface area contributed by atoms with E-state index in [2.05, 4.69) is 0 Å². The van der Waals surface area contributed by atoms with E-state index in [0.717, 1.165) is 0 Å². The van der Waals surface area contributed by atoms with Gasteiger partial charge in [0.05, 0.1) is 19.8 Å². The molecule has 0 aliphatic rings. The van der Waals surface area contributed by atoms with Crippen molar-refractivity contribution in [3.8, 4) is 0 Å². The maximum absolute atomic E-state index is 9.69. The smallest absolute Gasteiger partial charge is 0.143 e. The second-order valence-corrected chi connectivity index (χ2v) is 1.35. The average Bonchev–Trinajstić information content (AvgIpc) is 1.89. The van der Waals surface area contributed by atoms with Gasteiger partial charge in [0, 0.05) is 0 Å². The molecule has 0 saturated carbocycles. The van der Waals surface area contributed by atoms with E-state index in [1.807, 2.05) is 0 Å². The molecule has 0 aromatic heterocycles. The highest BCUT2D eigenvalue weighted by Gasteiger charge is 1.76. The molecule has 0 saturated heterocycles. The summed E-state index contributed by atoms with van der Waals surface area (Å²) >= 11 is 0. The summed E-state index contributed by atoms with van der Waals surface area (Å²) in [6.45, 7) is 1.37. The fourth-order valence-electron chi connectivity index (χ4n) is 0. The SMILES string of the molecule is CC(=O)CN.OCCO. The van der Waals surface area contributed by atoms with E-state index in [0.29, 0.717) is 0 Å². The van der Waals surface area contributed by atoms with Gasteiger partial charge < -0.3 is 15.9 Å². The standard InChI is InChI=1S/C3H7NO.C2H6O2/c1-3(5)2-4;3-1-2-4/h2,4H2,1H3;3-4H,1-2H2. The second kappa shape index (κ2) is 10.5. The normalized spacial score (nSPS) is 7.56. The first-order valence-corrected chi connectivity index (χ1v) is 2.60. The zero-order valence-corrected chi connectivity index (χ0v) is 5.50. The topological polar surface area (TPSA) is 83.6 Å². The van der Waals surface area contributed by atoms with Crippen LogP contribution in [0.1, 0.15) is 6.92 Å². The van der Waals surface area contributed by atoms with Gasteiger partial charge in [-0.1, -0.05) is 0 Å². The Morgan fingerprint density at radius 2 is 1.67 bits per heavy atom. The molecule has 0 aromatic carbocycles. The maximum Gasteiger partial charge on any atom is 0.143 e. The van der Waals surface area contributed by atoms with Gasteiger partial charge in [-0.3, -0.25) is 4.79 Å². The number of aliphatic hydroxyl groups excluding tert-OH is 2. The van der Waals surface area contributed by atoms with E-state index in [4.69, 9.17) is 15.9 Å². The molecule has 9 heavy (non-hydrogen) atoms. The minimum absolute atomic E-state index is 0.0324. The Hall–Kier alpha value is -0.450. The number of aliphatic hydroxyl groups is 2. The van der Waals surface area contributed by atoms with E-state index >= 15 is 0 Å². The van der Waals surface area contributed by atoms with Gasteiger partial charge in [-0.25, -0.2) is 0 Å². The van der Waals surface area contributed by atoms with E-state index in [9.17, 15) is 4.79 Å². The molecule has 0 unspecified atom stereocenters. The summed E-state index contributed by atoms with van der Waals surface area (Å²) in [5.74, 6) is 0.0324. The number of nitrogens with two attached hydrogens (primary N) is 1. The van der Waals surface area contributed by atoms with Crippen molar-refractivity contribution >= 4 is 5.78 Å². The van der Waals surface area contributed by atoms with E-state index < -0.39 is 0 Å². The summed E-state index contributed by atoms with van der Waals surface area (Å²) in [6, 6.07) is 0. The molecule has 0 radical (unpaired) electrons. The van der Waals surface area contributed by atoms with Crippen molar-refractivity contribution < 1.29 is 15.0 Å². The van der Waals surface area contributed by atoms with Gasteiger partial charge in [-0.2, -0.15) is 0 Å². The van der Waals surface area contributed by atoms with Crippen molar-refractivity contribution in [1.29, 1.82) is 0 Å².